The number of allylic oxidation sites excluding steroid dienone is 1. The van der Waals surface area contributed by atoms with E-state index in [0.29, 0.717) is 30.0 Å². The molecule has 27 heavy (non-hydrogen) atoms. The van der Waals surface area contributed by atoms with E-state index in [4.69, 9.17) is 4.74 Å². The molecule has 3 aliphatic rings. The quantitative estimate of drug-likeness (QED) is 0.784. The Labute approximate surface area is 162 Å². The minimum absolute atomic E-state index is 0.0177. The van der Waals surface area contributed by atoms with Crippen molar-refractivity contribution in [2.75, 3.05) is 26.2 Å². The highest BCUT2D eigenvalue weighted by atomic mass is 16.5. The van der Waals surface area contributed by atoms with Gasteiger partial charge in [0.15, 0.2) is 0 Å². The highest BCUT2D eigenvalue weighted by molar-refractivity contribution is 5.95. The summed E-state index contributed by atoms with van der Waals surface area (Å²) in [6.45, 7) is 10.2. The molecule has 1 amide bonds. The Balaban J connectivity index is 1.38. The van der Waals surface area contributed by atoms with Gasteiger partial charge in [-0.3, -0.25) is 14.7 Å². The molecule has 0 aromatic carbocycles. The number of aromatic nitrogens is 1. The van der Waals surface area contributed by atoms with Gasteiger partial charge < -0.3 is 10.1 Å². The van der Waals surface area contributed by atoms with Gasteiger partial charge in [-0.2, -0.15) is 0 Å². The summed E-state index contributed by atoms with van der Waals surface area (Å²) in [6, 6.07) is 1.88. The molecule has 0 radical (unpaired) electrons. The lowest BCUT2D eigenvalue weighted by atomic mass is 9.73. The van der Waals surface area contributed by atoms with Gasteiger partial charge in [0.2, 0.25) is 0 Å². The zero-order valence-electron chi connectivity index (χ0n) is 16.7. The van der Waals surface area contributed by atoms with Crippen LogP contribution in [0, 0.1) is 18.8 Å². The largest absolute Gasteiger partial charge is 0.370 e. The average molecular weight is 370 g/mol. The minimum atomic E-state index is -0.0177. The third-order valence-electron chi connectivity index (χ3n) is 6.63. The summed E-state index contributed by atoms with van der Waals surface area (Å²) >= 11 is 0. The lowest BCUT2D eigenvalue weighted by molar-refractivity contribution is 0.00290. The summed E-state index contributed by atoms with van der Waals surface area (Å²) in [5.41, 5.74) is 3.06. The molecule has 1 spiro atoms. The highest BCUT2D eigenvalue weighted by Crippen LogP contribution is 2.54. The van der Waals surface area contributed by atoms with E-state index in [1.54, 1.807) is 12.4 Å². The van der Waals surface area contributed by atoms with Crippen LogP contribution in [0.5, 0.6) is 0 Å². The highest BCUT2D eigenvalue weighted by Gasteiger charge is 2.62. The van der Waals surface area contributed by atoms with Gasteiger partial charge >= 0.3 is 0 Å². The summed E-state index contributed by atoms with van der Waals surface area (Å²) in [6.07, 6.45) is 9.42. The number of likely N-dealkylation sites (tertiary alicyclic amines) is 1. The van der Waals surface area contributed by atoms with E-state index < -0.39 is 0 Å². The molecule has 0 aliphatic carbocycles. The Bertz CT molecular complexity index is 743. The predicted molar refractivity (Wildman–Crippen MR) is 106 cm³/mol. The van der Waals surface area contributed by atoms with Crippen molar-refractivity contribution in [1.82, 2.24) is 15.2 Å². The second kappa shape index (κ2) is 7.36. The number of nitrogens with zero attached hydrogens (tertiary/aromatic N) is 2. The number of carbonyl (C=O) groups is 1. The van der Waals surface area contributed by atoms with Crippen molar-refractivity contribution in [2.24, 2.45) is 11.8 Å². The first kappa shape index (κ1) is 18.6. The first-order chi connectivity index (χ1) is 13.0. The molecule has 1 aromatic rings. The van der Waals surface area contributed by atoms with Crippen molar-refractivity contribution in [1.29, 1.82) is 0 Å². The number of aryl methyl sites for hydroxylation is 1. The zero-order valence-corrected chi connectivity index (χ0v) is 16.7. The van der Waals surface area contributed by atoms with Crippen LogP contribution in [0.15, 0.2) is 30.1 Å². The van der Waals surface area contributed by atoms with E-state index in [2.05, 4.69) is 35.1 Å². The molecule has 5 nitrogen and oxygen atoms in total. The molecule has 0 saturated carbocycles. The molecule has 1 aromatic heterocycles. The first-order valence-electron chi connectivity index (χ1n) is 10.2. The van der Waals surface area contributed by atoms with Gasteiger partial charge in [-0.05, 0) is 51.7 Å². The number of nitrogens with one attached hydrogen (secondary N) is 1. The Hall–Kier alpha value is -1.72. The molecule has 5 heteroatoms. The third kappa shape index (κ3) is 3.55. The maximum Gasteiger partial charge on any atom is 0.253 e. The molecule has 3 saturated heterocycles. The van der Waals surface area contributed by atoms with Crippen molar-refractivity contribution in [3.63, 3.8) is 0 Å². The van der Waals surface area contributed by atoms with Crippen molar-refractivity contribution < 1.29 is 9.53 Å². The van der Waals surface area contributed by atoms with Crippen LogP contribution in [0.25, 0.3) is 0 Å². The SMILES string of the molecule is CC(C)=CCCN1C[C@@H]2[C@H](CNC(=O)c3cnccc3C)[C@H]3CC[C@]2(C1)O3. The van der Waals surface area contributed by atoms with Gasteiger partial charge in [0.05, 0.1) is 17.3 Å². The van der Waals surface area contributed by atoms with Gasteiger partial charge in [-0.25, -0.2) is 0 Å². The van der Waals surface area contributed by atoms with E-state index in [1.807, 2.05) is 13.0 Å². The number of pyridine rings is 1. The van der Waals surface area contributed by atoms with Crippen molar-refractivity contribution in [2.45, 2.75) is 51.7 Å². The third-order valence-corrected chi connectivity index (χ3v) is 6.63. The number of ether oxygens (including phenoxy) is 1. The second-order valence-corrected chi connectivity index (χ2v) is 8.74. The molecule has 3 fully saturated rings. The Morgan fingerprint density at radius 1 is 1.48 bits per heavy atom. The van der Waals surface area contributed by atoms with Gasteiger partial charge in [0.1, 0.15) is 0 Å². The first-order valence-corrected chi connectivity index (χ1v) is 10.2. The number of fused-ring (bicyclic) bond motifs is 1. The Kier molecular flexibility index (Phi) is 5.08. The van der Waals surface area contributed by atoms with Crippen LogP contribution in [0.4, 0.5) is 0 Å². The van der Waals surface area contributed by atoms with Gasteiger partial charge in [0, 0.05) is 50.4 Å². The lowest BCUT2D eigenvalue weighted by Gasteiger charge is -2.29. The zero-order chi connectivity index (χ0) is 19.0. The maximum absolute atomic E-state index is 12.6. The number of carbonyl (C=O) groups excluding carboxylic acids is 1. The topological polar surface area (TPSA) is 54.5 Å². The van der Waals surface area contributed by atoms with E-state index in [0.717, 1.165) is 38.0 Å². The predicted octanol–water partition coefficient (Wildman–Crippen LogP) is 2.96. The molecule has 1 N–H and O–H groups in total. The smallest absolute Gasteiger partial charge is 0.253 e. The molecule has 3 aliphatic heterocycles. The molecule has 4 rings (SSSR count). The number of rotatable bonds is 6. The molecule has 4 heterocycles. The fourth-order valence-electron chi connectivity index (χ4n) is 5.27. The summed E-state index contributed by atoms with van der Waals surface area (Å²) in [5, 5.41) is 3.16. The molecule has 146 valence electrons. The van der Waals surface area contributed by atoms with Gasteiger partial charge in [-0.1, -0.05) is 11.6 Å². The normalized spacial score (nSPS) is 31.7. The van der Waals surface area contributed by atoms with E-state index in [1.165, 1.54) is 12.0 Å². The van der Waals surface area contributed by atoms with E-state index >= 15 is 0 Å². The molecule has 4 atom stereocenters. The molecular weight excluding hydrogens is 338 g/mol. The van der Waals surface area contributed by atoms with E-state index in [9.17, 15) is 4.79 Å². The van der Waals surface area contributed by atoms with Crippen molar-refractivity contribution in [3.8, 4) is 0 Å². The van der Waals surface area contributed by atoms with Crippen LogP contribution in [0.3, 0.4) is 0 Å². The summed E-state index contributed by atoms with van der Waals surface area (Å²) < 4.78 is 6.50. The summed E-state index contributed by atoms with van der Waals surface area (Å²) in [5.74, 6) is 0.946. The van der Waals surface area contributed by atoms with Crippen LogP contribution in [0.1, 0.15) is 49.0 Å². The number of hydrogen-bond acceptors (Lipinski definition) is 4. The number of hydrogen-bond donors (Lipinski definition) is 1. The number of amides is 1. The molecule has 0 unspecified atom stereocenters. The monoisotopic (exact) mass is 369 g/mol. The van der Waals surface area contributed by atoms with Crippen LogP contribution in [0.2, 0.25) is 0 Å². The average Bonchev–Trinajstić information content (AvgIpc) is 3.28. The fourth-order valence-corrected chi connectivity index (χ4v) is 5.27. The molecule has 2 bridgehead atoms. The summed E-state index contributed by atoms with van der Waals surface area (Å²) in [4.78, 5) is 19.2. The fraction of sp³-hybridized carbons (Fsp3) is 0.636. The Morgan fingerprint density at radius 2 is 2.33 bits per heavy atom. The van der Waals surface area contributed by atoms with Crippen LogP contribution < -0.4 is 5.32 Å². The van der Waals surface area contributed by atoms with E-state index in [-0.39, 0.29) is 11.5 Å². The van der Waals surface area contributed by atoms with Gasteiger partial charge in [0.25, 0.3) is 5.91 Å². The van der Waals surface area contributed by atoms with Crippen molar-refractivity contribution in [3.05, 3.63) is 41.2 Å². The van der Waals surface area contributed by atoms with Crippen LogP contribution >= 0.6 is 0 Å². The standard InChI is InChI=1S/C22H31N3O2/c1-15(2)5-4-10-25-13-19-18(20-6-8-22(19,14-25)27-20)12-24-21(26)17-11-23-9-7-16(17)3/h5,7,9,11,18-20H,4,6,8,10,12-14H2,1-3H3,(H,24,26)/t18-,19+,20+,22+/m0/s1. The van der Waals surface area contributed by atoms with Crippen molar-refractivity contribution >= 4 is 5.91 Å². The second-order valence-electron chi connectivity index (χ2n) is 8.74. The summed E-state index contributed by atoms with van der Waals surface area (Å²) in [7, 11) is 0. The maximum atomic E-state index is 12.6. The van der Waals surface area contributed by atoms with Crippen LogP contribution in [-0.4, -0.2) is 53.7 Å². The minimum Gasteiger partial charge on any atom is -0.370 e. The van der Waals surface area contributed by atoms with Gasteiger partial charge in [-0.15, -0.1) is 0 Å². The Morgan fingerprint density at radius 3 is 3.11 bits per heavy atom. The molecular formula is C22H31N3O2. The lowest BCUT2D eigenvalue weighted by Crippen LogP contribution is -2.42. The van der Waals surface area contributed by atoms with Crippen LogP contribution in [-0.2, 0) is 4.74 Å².